The van der Waals surface area contributed by atoms with Crippen LogP contribution >= 0.6 is 0 Å². The summed E-state index contributed by atoms with van der Waals surface area (Å²) in [6.07, 6.45) is 0.374. The highest BCUT2D eigenvalue weighted by molar-refractivity contribution is 6.00. The van der Waals surface area contributed by atoms with Crippen LogP contribution in [0.5, 0.6) is 0 Å². The zero-order valence-corrected chi connectivity index (χ0v) is 9.06. The number of esters is 2. The SMILES string of the molecule is CCOC(=O)C(C(=O)OCC)N(C)C=O. The lowest BCUT2D eigenvalue weighted by Crippen LogP contribution is -2.46. The lowest BCUT2D eigenvalue weighted by atomic mass is 10.3. The van der Waals surface area contributed by atoms with E-state index in [2.05, 4.69) is 9.47 Å². The van der Waals surface area contributed by atoms with Gasteiger partial charge >= 0.3 is 11.9 Å². The third kappa shape index (κ3) is 3.97. The molecule has 0 bridgehead atoms. The summed E-state index contributed by atoms with van der Waals surface area (Å²) in [6.45, 7) is 3.50. The van der Waals surface area contributed by atoms with E-state index in [1.165, 1.54) is 7.05 Å². The van der Waals surface area contributed by atoms with Crippen LogP contribution in [0.2, 0.25) is 0 Å². The monoisotopic (exact) mass is 217 g/mol. The van der Waals surface area contributed by atoms with Crippen molar-refractivity contribution in [3.05, 3.63) is 0 Å². The molecule has 0 aliphatic carbocycles. The van der Waals surface area contributed by atoms with Gasteiger partial charge in [0.1, 0.15) is 0 Å². The first-order chi connectivity index (χ1) is 7.08. The summed E-state index contributed by atoms with van der Waals surface area (Å²) < 4.78 is 9.31. The molecule has 0 aliphatic heterocycles. The third-order valence-electron chi connectivity index (χ3n) is 1.59. The van der Waals surface area contributed by atoms with Gasteiger partial charge in [-0.1, -0.05) is 0 Å². The molecule has 86 valence electrons. The van der Waals surface area contributed by atoms with Gasteiger partial charge in [0, 0.05) is 7.05 Å². The molecule has 0 aliphatic rings. The number of carbonyl (C=O) groups excluding carboxylic acids is 3. The Kier molecular flexibility index (Phi) is 6.08. The van der Waals surface area contributed by atoms with Crippen LogP contribution in [0, 0.1) is 0 Å². The molecule has 0 aromatic rings. The van der Waals surface area contributed by atoms with Gasteiger partial charge in [-0.25, -0.2) is 9.59 Å². The largest absolute Gasteiger partial charge is 0.464 e. The van der Waals surface area contributed by atoms with Crippen molar-refractivity contribution >= 4 is 18.3 Å². The fourth-order valence-electron chi connectivity index (χ4n) is 0.932. The predicted molar refractivity (Wildman–Crippen MR) is 50.9 cm³/mol. The first kappa shape index (κ1) is 13.4. The van der Waals surface area contributed by atoms with Crippen molar-refractivity contribution in [1.82, 2.24) is 4.90 Å². The van der Waals surface area contributed by atoms with Gasteiger partial charge in [0.05, 0.1) is 13.2 Å². The van der Waals surface area contributed by atoms with Crippen molar-refractivity contribution in [1.29, 1.82) is 0 Å². The minimum atomic E-state index is -1.32. The van der Waals surface area contributed by atoms with E-state index in [1.807, 2.05) is 0 Å². The maximum absolute atomic E-state index is 11.3. The minimum absolute atomic E-state index is 0.140. The summed E-state index contributed by atoms with van der Waals surface area (Å²) >= 11 is 0. The van der Waals surface area contributed by atoms with Crippen molar-refractivity contribution in [3.63, 3.8) is 0 Å². The maximum atomic E-state index is 11.3. The number of hydrogen-bond acceptors (Lipinski definition) is 5. The van der Waals surface area contributed by atoms with Gasteiger partial charge < -0.3 is 14.4 Å². The fourth-order valence-corrected chi connectivity index (χ4v) is 0.932. The van der Waals surface area contributed by atoms with Crippen LogP contribution in [0.4, 0.5) is 0 Å². The molecule has 6 heteroatoms. The van der Waals surface area contributed by atoms with E-state index in [4.69, 9.17) is 0 Å². The average molecular weight is 217 g/mol. The predicted octanol–water partition coefficient (Wildman–Crippen LogP) is -0.431. The van der Waals surface area contributed by atoms with Crippen LogP contribution in [0.25, 0.3) is 0 Å². The molecule has 0 saturated carbocycles. The summed E-state index contributed by atoms with van der Waals surface area (Å²) in [5, 5.41) is 0. The highest BCUT2D eigenvalue weighted by atomic mass is 16.6. The maximum Gasteiger partial charge on any atom is 0.340 e. The molecule has 0 spiro atoms. The van der Waals surface area contributed by atoms with E-state index in [9.17, 15) is 14.4 Å². The first-order valence-corrected chi connectivity index (χ1v) is 4.58. The quantitative estimate of drug-likeness (QED) is 0.343. The zero-order valence-electron chi connectivity index (χ0n) is 9.06. The number of hydrogen-bond donors (Lipinski definition) is 0. The lowest BCUT2D eigenvalue weighted by molar-refractivity contribution is -0.164. The van der Waals surface area contributed by atoms with Crippen molar-refractivity contribution < 1.29 is 23.9 Å². The Balaban J connectivity index is 4.63. The molecule has 0 N–H and O–H groups in total. The summed E-state index contributed by atoms with van der Waals surface area (Å²) in [7, 11) is 1.31. The van der Waals surface area contributed by atoms with Crippen molar-refractivity contribution in [2.45, 2.75) is 19.9 Å². The number of ether oxygens (including phenoxy) is 2. The summed E-state index contributed by atoms with van der Waals surface area (Å²) in [4.78, 5) is 34.1. The molecule has 0 unspecified atom stereocenters. The Hall–Kier alpha value is -1.59. The fraction of sp³-hybridized carbons (Fsp3) is 0.667. The molecular weight excluding hydrogens is 202 g/mol. The molecule has 0 aromatic carbocycles. The highest BCUT2D eigenvalue weighted by Crippen LogP contribution is 2.00. The summed E-state index contributed by atoms with van der Waals surface area (Å²) in [5.41, 5.74) is 0. The van der Waals surface area contributed by atoms with E-state index in [0.717, 1.165) is 4.90 Å². The van der Waals surface area contributed by atoms with Gasteiger partial charge in [0.15, 0.2) is 0 Å². The molecule has 0 radical (unpaired) electrons. The second kappa shape index (κ2) is 6.80. The minimum Gasteiger partial charge on any atom is -0.464 e. The molecule has 0 fully saturated rings. The number of amides is 1. The Morgan fingerprint density at radius 2 is 1.60 bits per heavy atom. The molecule has 0 atom stereocenters. The van der Waals surface area contributed by atoms with Crippen molar-refractivity contribution in [3.8, 4) is 0 Å². The van der Waals surface area contributed by atoms with Crippen LogP contribution in [0.15, 0.2) is 0 Å². The zero-order chi connectivity index (χ0) is 11.8. The van der Waals surface area contributed by atoms with Crippen molar-refractivity contribution in [2.24, 2.45) is 0 Å². The number of rotatable bonds is 6. The van der Waals surface area contributed by atoms with Gasteiger partial charge in [-0.15, -0.1) is 0 Å². The number of likely N-dealkylation sites (N-methyl/N-ethyl adjacent to an activating group) is 1. The molecule has 0 rings (SSSR count). The van der Waals surface area contributed by atoms with E-state index >= 15 is 0 Å². The molecule has 0 aromatic heterocycles. The van der Waals surface area contributed by atoms with Gasteiger partial charge in [-0.05, 0) is 13.8 Å². The summed E-state index contributed by atoms with van der Waals surface area (Å²) in [6, 6.07) is -1.32. The van der Waals surface area contributed by atoms with E-state index in [0.29, 0.717) is 6.41 Å². The van der Waals surface area contributed by atoms with Gasteiger partial charge in [-0.3, -0.25) is 4.79 Å². The second-order valence-corrected chi connectivity index (χ2v) is 2.68. The van der Waals surface area contributed by atoms with Crippen LogP contribution in [0.1, 0.15) is 13.8 Å². The van der Waals surface area contributed by atoms with Crippen LogP contribution in [-0.4, -0.2) is 49.6 Å². The molecule has 15 heavy (non-hydrogen) atoms. The van der Waals surface area contributed by atoms with Crippen LogP contribution < -0.4 is 0 Å². The molecular formula is C9H15NO5. The second-order valence-electron chi connectivity index (χ2n) is 2.68. The Morgan fingerprint density at radius 3 is 1.87 bits per heavy atom. The smallest absolute Gasteiger partial charge is 0.340 e. The normalized spacial score (nSPS) is 9.60. The summed E-state index contributed by atoms with van der Waals surface area (Å²) in [5.74, 6) is -1.57. The van der Waals surface area contributed by atoms with E-state index in [-0.39, 0.29) is 13.2 Å². The van der Waals surface area contributed by atoms with Gasteiger partial charge in [0.2, 0.25) is 12.5 Å². The molecule has 0 heterocycles. The molecule has 0 saturated heterocycles. The number of carbonyl (C=O) groups is 3. The van der Waals surface area contributed by atoms with Crippen molar-refractivity contribution in [2.75, 3.05) is 20.3 Å². The van der Waals surface area contributed by atoms with Crippen LogP contribution in [0.3, 0.4) is 0 Å². The lowest BCUT2D eigenvalue weighted by Gasteiger charge is -2.20. The van der Waals surface area contributed by atoms with Gasteiger partial charge in [0.25, 0.3) is 0 Å². The average Bonchev–Trinajstić information content (AvgIpc) is 2.18. The molecule has 1 amide bonds. The van der Waals surface area contributed by atoms with Crippen LogP contribution in [-0.2, 0) is 23.9 Å². The Morgan fingerprint density at radius 1 is 1.20 bits per heavy atom. The Bertz CT molecular complexity index is 223. The third-order valence-corrected chi connectivity index (χ3v) is 1.59. The highest BCUT2D eigenvalue weighted by Gasteiger charge is 2.32. The van der Waals surface area contributed by atoms with E-state index < -0.39 is 18.0 Å². The number of nitrogens with zero attached hydrogens (tertiary/aromatic N) is 1. The molecule has 6 nitrogen and oxygen atoms in total. The van der Waals surface area contributed by atoms with Gasteiger partial charge in [-0.2, -0.15) is 0 Å². The van der Waals surface area contributed by atoms with E-state index in [1.54, 1.807) is 13.8 Å². The Labute approximate surface area is 88.1 Å². The first-order valence-electron chi connectivity index (χ1n) is 4.58. The standard InChI is InChI=1S/C9H15NO5/c1-4-14-8(12)7(10(3)6-11)9(13)15-5-2/h6-7H,4-5H2,1-3H3. The topological polar surface area (TPSA) is 72.9 Å².